The zero-order valence-corrected chi connectivity index (χ0v) is 30.8. The molecule has 284 valence electrons. The van der Waals surface area contributed by atoms with Gasteiger partial charge in [0.25, 0.3) is 0 Å². The van der Waals surface area contributed by atoms with Crippen LogP contribution in [0.3, 0.4) is 0 Å². The molecule has 14 heteroatoms. The molecule has 6 atom stereocenters. The van der Waals surface area contributed by atoms with E-state index in [0.29, 0.717) is 60.2 Å². The number of hydrogen-bond donors (Lipinski definition) is 5. The number of fused-ring (bicyclic) bond motifs is 5. The third kappa shape index (κ3) is 6.14. The lowest BCUT2D eigenvalue weighted by atomic mass is 9.73. The van der Waals surface area contributed by atoms with Crippen LogP contribution in [0.4, 0.5) is 11.6 Å². The molecule has 1 spiro atoms. The number of hydrogen-bond acceptors (Lipinski definition) is 13. The van der Waals surface area contributed by atoms with Crippen LogP contribution in [-0.2, 0) is 27.2 Å². The van der Waals surface area contributed by atoms with E-state index in [-0.39, 0.29) is 41.1 Å². The van der Waals surface area contributed by atoms with E-state index in [1.54, 1.807) is 19.1 Å². The number of benzene rings is 1. The molecule has 8 heterocycles. The molecule has 2 saturated heterocycles. The van der Waals surface area contributed by atoms with Crippen molar-refractivity contribution in [3.63, 3.8) is 0 Å². The summed E-state index contributed by atoms with van der Waals surface area (Å²) in [4.78, 5) is 41.9. The number of epoxide rings is 1. The number of aryl methyl sites for hydroxylation is 2. The molecule has 7 N–H and O–H groups in total. The number of aromatic hydroxyl groups is 1. The summed E-state index contributed by atoms with van der Waals surface area (Å²) in [6.45, 7) is 6.55. The maximum atomic E-state index is 14.1. The number of ether oxygens (including phenoxy) is 3. The predicted octanol–water partition coefficient (Wildman–Crippen LogP) is 3.02. The molecular formula is C41H43N6O8+. The average Bonchev–Trinajstić information content (AvgIpc) is 3.41. The monoisotopic (exact) mass is 747 g/mol. The van der Waals surface area contributed by atoms with Gasteiger partial charge in [-0.25, -0.2) is 14.8 Å². The van der Waals surface area contributed by atoms with Crippen molar-refractivity contribution in [2.24, 2.45) is 10.9 Å². The summed E-state index contributed by atoms with van der Waals surface area (Å²) in [5.74, 6) is -0.276. The highest BCUT2D eigenvalue weighted by atomic mass is 16.7. The molecule has 3 aromatic heterocycles. The van der Waals surface area contributed by atoms with E-state index in [1.165, 1.54) is 16.5 Å². The third-order valence-electron chi connectivity index (χ3n) is 11.5. The van der Waals surface area contributed by atoms with Crippen molar-refractivity contribution in [2.45, 2.75) is 82.3 Å². The molecule has 2 fully saturated rings. The number of quaternary nitrogens is 1. The van der Waals surface area contributed by atoms with Crippen molar-refractivity contribution in [1.29, 1.82) is 0 Å². The number of esters is 1. The van der Waals surface area contributed by atoms with Gasteiger partial charge in [-0.1, -0.05) is 0 Å². The summed E-state index contributed by atoms with van der Waals surface area (Å²) < 4.78 is 24.6. The number of aliphatic imine (C=N–C) groups is 1. The molecule has 0 bridgehead atoms. The molecule has 14 nitrogen and oxygen atoms in total. The number of rotatable bonds is 7. The number of aliphatic hydroxyl groups excluding tert-OH is 1. The molecular weight excluding hydrogens is 704 g/mol. The first kappa shape index (κ1) is 35.2. The van der Waals surface area contributed by atoms with Gasteiger partial charge in [0.05, 0.1) is 17.5 Å². The van der Waals surface area contributed by atoms with Crippen molar-refractivity contribution < 1.29 is 38.5 Å². The second kappa shape index (κ2) is 12.8. The van der Waals surface area contributed by atoms with Crippen molar-refractivity contribution in [3.05, 3.63) is 92.7 Å². The van der Waals surface area contributed by atoms with Gasteiger partial charge >= 0.3 is 5.97 Å². The summed E-state index contributed by atoms with van der Waals surface area (Å²) in [7, 11) is 0. The first-order chi connectivity index (χ1) is 26.3. The van der Waals surface area contributed by atoms with Crippen molar-refractivity contribution >= 4 is 34.8 Å². The Bertz CT molecular complexity index is 2440. The van der Waals surface area contributed by atoms with Gasteiger partial charge in [-0.15, -0.1) is 0 Å². The summed E-state index contributed by atoms with van der Waals surface area (Å²) in [6, 6.07) is 10.5. The van der Waals surface area contributed by atoms with Crippen molar-refractivity contribution in [1.82, 2.24) is 9.97 Å². The molecule has 0 radical (unpaired) electrons. The highest BCUT2D eigenvalue weighted by molar-refractivity contribution is 5.88. The number of nitrogen functional groups attached to an aromatic ring is 2. The van der Waals surface area contributed by atoms with E-state index in [9.17, 15) is 19.8 Å². The molecule has 9 rings (SSSR count). The fourth-order valence-corrected chi connectivity index (χ4v) is 9.02. The smallest absolute Gasteiger partial charge is 0.341 e. The Morgan fingerprint density at radius 2 is 1.87 bits per heavy atom. The molecule has 0 saturated carbocycles. The predicted molar refractivity (Wildman–Crippen MR) is 202 cm³/mol. The second-order valence-electron chi connectivity index (χ2n) is 16.0. The van der Waals surface area contributed by atoms with Crippen LogP contribution >= 0.6 is 0 Å². The van der Waals surface area contributed by atoms with Gasteiger partial charge in [0.2, 0.25) is 0 Å². The highest BCUT2D eigenvalue weighted by Gasteiger charge is 2.66. The number of pyridine rings is 2. The number of nitrogens with zero attached hydrogens (tertiary/aromatic N) is 3. The van der Waals surface area contributed by atoms with Crippen LogP contribution in [0, 0.1) is 12.8 Å². The largest absolute Gasteiger partial charge is 0.507 e. The Morgan fingerprint density at radius 1 is 1.05 bits per heavy atom. The van der Waals surface area contributed by atoms with Crippen molar-refractivity contribution in [2.75, 3.05) is 24.6 Å². The fourth-order valence-electron chi connectivity index (χ4n) is 9.02. The average molecular weight is 748 g/mol. The number of nitrogens with one attached hydrogen (secondary N) is 1. The first-order valence-electron chi connectivity index (χ1n) is 18.6. The molecule has 1 aromatic carbocycles. The highest BCUT2D eigenvalue weighted by Crippen LogP contribution is 2.55. The molecule has 5 aliphatic heterocycles. The standard InChI is InChI=1S/C41H42N6O8/c1-20-8-29(49)36-30(52-20)14-31-35(37(36)50)26-9-22(19-48)15-41(39(51)53-38(26)40(2,3)54-31)32(55-41)5-4-21-10-27(46-33(42)11-21)24-12-25(45-34(43)13-24)17-47-16-23-6-7-44-28(23)18-47/h6-8,10-14,18,22,26,32,38,48,50H,4-5,9,15-17,19H2,1-3H3,(H2,42,46)(H2,43,45)/p+1/t22-,26+,32+,38+,41+/m0/s1. The van der Waals surface area contributed by atoms with E-state index in [0.717, 1.165) is 29.1 Å². The van der Waals surface area contributed by atoms with Gasteiger partial charge in [-0.05, 0) is 88.3 Å². The number of phenolic OH excluding ortho intramolecular Hbond substituents is 1. The van der Waals surface area contributed by atoms with Crippen LogP contribution in [0.15, 0.2) is 74.1 Å². The summed E-state index contributed by atoms with van der Waals surface area (Å²) in [6.07, 6.45) is 6.25. The van der Waals surface area contributed by atoms with E-state index >= 15 is 0 Å². The van der Waals surface area contributed by atoms with Gasteiger partial charge in [0, 0.05) is 47.6 Å². The van der Waals surface area contributed by atoms with Crippen molar-refractivity contribution in [3.8, 4) is 22.8 Å². The number of anilines is 2. The van der Waals surface area contributed by atoms with Crippen LogP contribution in [-0.4, -0.2) is 68.9 Å². The summed E-state index contributed by atoms with van der Waals surface area (Å²) in [5.41, 5.74) is 15.9. The number of carbonyl (C=O) groups is 1. The lowest BCUT2D eigenvalue weighted by Crippen LogP contribution is -3.04. The Hall–Kier alpha value is -5.57. The lowest BCUT2D eigenvalue weighted by molar-refractivity contribution is -0.852. The lowest BCUT2D eigenvalue weighted by Gasteiger charge is -2.46. The summed E-state index contributed by atoms with van der Waals surface area (Å²) in [5, 5.41) is 22.2. The molecule has 0 amide bonds. The minimum Gasteiger partial charge on any atom is -0.507 e. The maximum absolute atomic E-state index is 14.1. The van der Waals surface area contributed by atoms with Gasteiger partial charge < -0.3 is 40.3 Å². The second-order valence-corrected chi connectivity index (χ2v) is 16.0. The van der Waals surface area contributed by atoms with Gasteiger partial charge in [-0.2, -0.15) is 0 Å². The molecule has 5 aliphatic rings. The van der Waals surface area contributed by atoms with E-state index in [1.807, 2.05) is 44.3 Å². The fraction of sp³-hybridized carbons (Fsp3) is 0.390. The summed E-state index contributed by atoms with van der Waals surface area (Å²) >= 11 is 0. The molecule has 1 unspecified atom stereocenters. The third-order valence-corrected chi connectivity index (χ3v) is 11.5. The number of phenols is 1. The zero-order valence-electron chi connectivity index (χ0n) is 30.8. The first-order valence-corrected chi connectivity index (χ1v) is 18.6. The van der Waals surface area contributed by atoms with Gasteiger partial charge in [0.1, 0.15) is 76.6 Å². The van der Waals surface area contributed by atoms with Crippen LogP contribution in [0.25, 0.3) is 22.2 Å². The van der Waals surface area contributed by atoms with Crippen LogP contribution in [0.2, 0.25) is 0 Å². The number of allylic oxidation sites excluding steroid dienone is 1. The van der Waals surface area contributed by atoms with E-state index < -0.39 is 35.3 Å². The molecule has 4 aromatic rings. The minimum atomic E-state index is -1.25. The van der Waals surface area contributed by atoms with Gasteiger partial charge in [0.15, 0.2) is 11.0 Å². The number of aromatic nitrogens is 2. The van der Waals surface area contributed by atoms with Gasteiger partial charge in [-0.3, -0.25) is 14.7 Å². The normalized spacial score (nSPS) is 27.3. The topological polar surface area (TPSA) is 213 Å². The Labute approximate surface area is 316 Å². The zero-order chi connectivity index (χ0) is 38.4. The minimum absolute atomic E-state index is 0.0339. The Kier molecular flexibility index (Phi) is 8.15. The molecule has 0 aliphatic carbocycles. The maximum Gasteiger partial charge on any atom is 0.341 e. The number of carbonyl (C=O) groups excluding carboxylic acids is 1. The van der Waals surface area contributed by atoms with Crippen LogP contribution in [0.5, 0.6) is 11.5 Å². The van der Waals surface area contributed by atoms with Crippen LogP contribution < -0.4 is 26.5 Å². The van der Waals surface area contributed by atoms with Crippen LogP contribution in [0.1, 0.15) is 61.6 Å². The SMILES string of the molecule is Cc1cc(=O)c2c(O)c3c(cc2o1)OC(C)(C)[C@@H]1OC(=O)[C@]2(C[C@@H](CO)C[C@H]31)O[C@@H]2CCc1cc(N)nc(-c2cc(N)nc(C[NH+]3C=C4N=CC=C4C3)c2)c1. The van der Waals surface area contributed by atoms with E-state index in [4.69, 9.17) is 30.1 Å². The molecule has 55 heavy (non-hydrogen) atoms. The Morgan fingerprint density at radius 3 is 2.67 bits per heavy atom. The Balaban J connectivity index is 0.938. The number of nitrogens with two attached hydrogens (primary N) is 2. The van der Waals surface area contributed by atoms with E-state index in [2.05, 4.69) is 21.2 Å². The quantitative estimate of drug-likeness (QED) is 0.136. The number of aliphatic hydroxyl groups is 1.